The lowest BCUT2D eigenvalue weighted by atomic mass is 9.91. The molecule has 0 spiro atoms. The predicted octanol–water partition coefficient (Wildman–Crippen LogP) is 2.13. The molecule has 0 atom stereocenters. The summed E-state index contributed by atoms with van der Waals surface area (Å²) in [4.78, 5) is 2.43. The number of hydrogen-bond donors (Lipinski definition) is 1. The third-order valence-corrected chi connectivity index (χ3v) is 7.16. The summed E-state index contributed by atoms with van der Waals surface area (Å²) < 4.78 is 26.9. The maximum atomic E-state index is 12.6. The van der Waals surface area contributed by atoms with Crippen LogP contribution in [0.25, 0.3) is 0 Å². The van der Waals surface area contributed by atoms with E-state index in [4.69, 9.17) is 0 Å². The van der Waals surface area contributed by atoms with Crippen LogP contribution in [-0.2, 0) is 10.0 Å². The number of hydrogen-bond acceptors (Lipinski definition) is 4. The molecular formula is C13H22N2O2S2. The zero-order valence-electron chi connectivity index (χ0n) is 12.0. The maximum Gasteiger partial charge on any atom is 0.244 e. The highest BCUT2D eigenvalue weighted by Gasteiger charge is 2.35. The molecule has 2 heterocycles. The average Bonchev–Trinajstić information content (AvgIpc) is 2.70. The number of nitrogens with one attached hydrogen (secondary N) is 1. The maximum absolute atomic E-state index is 12.6. The highest BCUT2D eigenvalue weighted by molar-refractivity contribution is 7.89. The molecule has 1 fully saturated rings. The number of sulfonamides is 1. The monoisotopic (exact) mass is 302 g/mol. The standard InChI is InChI=1S/C13H22N2O2S2/c1-10-9-12(11(2)18-10)19(16,17)15-7-5-13(3,14-4)6-8-15/h9,14H,5-8H2,1-4H3. The summed E-state index contributed by atoms with van der Waals surface area (Å²) in [5.74, 6) is 0. The first-order chi connectivity index (χ1) is 8.78. The summed E-state index contributed by atoms with van der Waals surface area (Å²) in [6.45, 7) is 7.16. The van der Waals surface area contributed by atoms with Gasteiger partial charge in [-0.3, -0.25) is 0 Å². The van der Waals surface area contributed by atoms with Gasteiger partial charge in [-0.15, -0.1) is 11.3 Å². The minimum absolute atomic E-state index is 0.0611. The first-order valence-electron chi connectivity index (χ1n) is 6.55. The van der Waals surface area contributed by atoms with Gasteiger partial charge in [0.25, 0.3) is 0 Å². The second-order valence-corrected chi connectivity index (χ2v) is 8.86. The molecule has 1 N–H and O–H groups in total. The fourth-order valence-electron chi connectivity index (χ4n) is 2.47. The van der Waals surface area contributed by atoms with Crippen molar-refractivity contribution in [3.05, 3.63) is 15.8 Å². The van der Waals surface area contributed by atoms with Crippen LogP contribution < -0.4 is 5.32 Å². The van der Waals surface area contributed by atoms with Gasteiger partial charge >= 0.3 is 0 Å². The van der Waals surface area contributed by atoms with E-state index in [0.29, 0.717) is 18.0 Å². The summed E-state index contributed by atoms with van der Waals surface area (Å²) in [5.41, 5.74) is 0.0611. The second kappa shape index (κ2) is 5.16. The normalized spacial score (nSPS) is 20.6. The Hall–Kier alpha value is -0.430. The predicted molar refractivity (Wildman–Crippen MR) is 79.3 cm³/mol. The summed E-state index contributed by atoms with van der Waals surface area (Å²) >= 11 is 1.55. The van der Waals surface area contributed by atoms with Crippen LogP contribution in [0.1, 0.15) is 29.5 Å². The van der Waals surface area contributed by atoms with E-state index < -0.39 is 10.0 Å². The Morgan fingerprint density at radius 3 is 2.32 bits per heavy atom. The molecule has 6 heteroatoms. The Morgan fingerprint density at radius 1 is 1.32 bits per heavy atom. The highest BCUT2D eigenvalue weighted by atomic mass is 32.2. The second-order valence-electron chi connectivity index (χ2n) is 5.49. The van der Waals surface area contributed by atoms with Crippen LogP contribution in [0, 0.1) is 13.8 Å². The van der Waals surface area contributed by atoms with Crippen molar-refractivity contribution in [1.82, 2.24) is 9.62 Å². The lowest BCUT2D eigenvalue weighted by Gasteiger charge is -2.38. The zero-order valence-corrected chi connectivity index (χ0v) is 13.6. The number of piperidine rings is 1. The fraction of sp³-hybridized carbons (Fsp3) is 0.692. The number of aryl methyl sites for hydroxylation is 2. The third kappa shape index (κ3) is 2.86. The Bertz CT molecular complexity index is 555. The molecule has 108 valence electrons. The van der Waals surface area contributed by atoms with Crippen molar-refractivity contribution >= 4 is 21.4 Å². The molecule has 0 saturated carbocycles. The molecule has 1 aliphatic heterocycles. The van der Waals surface area contributed by atoms with Crippen LogP contribution in [0.3, 0.4) is 0 Å². The lowest BCUT2D eigenvalue weighted by molar-refractivity contribution is 0.219. The first kappa shape index (κ1) is 15.0. The molecule has 4 nitrogen and oxygen atoms in total. The molecule has 0 aliphatic carbocycles. The Labute approximate surface area is 119 Å². The van der Waals surface area contributed by atoms with Crippen LogP contribution in [0.2, 0.25) is 0 Å². The van der Waals surface area contributed by atoms with Gasteiger partial charge in [0.05, 0.1) is 4.90 Å². The molecule has 0 aromatic carbocycles. The SMILES string of the molecule is CNC1(C)CCN(S(=O)(=O)c2cc(C)sc2C)CC1. The smallest absolute Gasteiger partial charge is 0.244 e. The Morgan fingerprint density at radius 2 is 1.89 bits per heavy atom. The van der Waals surface area contributed by atoms with E-state index in [1.807, 2.05) is 20.9 Å². The van der Waals surface area contributed by atoms with E-state index in [0.717, 1.165) is 22.6 Å². The van der Waals surface area contributed by atoms with Crippen molar-refractivity contribution in [2.75, 3.05) is 20.1 Å². The van der Waals surface area contributed by atoms with Crippen molar-refractivity contribution in [3.8, 4) is 0 Å². The molecule has 0 amide bonds. The molecule has 2 rings (SSSR count). The minimum Gasteiger partial charge on any atom is -0.314 e. The van der Waals surface area contributed by atoms with Crippen molar-refractivity contribution < 1.29 is 8.42 Å². The zero-order chi connectivity index (χ0) is 14.3. The van der Waals surface area contributed by atoms with Gasteiger partial charge in [0.15, 0.2) is 0 Å². The number of nitrogens with zero attached hydrogens (tertiary/aromatic N) is 1. The molecule has 0 unspecified atom stereocenters. The van der Waals surface area contributed by atoms with Crippen LogP contribution >= 0.6 is 11.3 Å². The largest absolute Gasteiger partial charge is 0.314 e. The van der Waals surface area contributed by atoms with E-state index in [-0.39, 0.29) is 5.54 Å². The van der Waals surface area contributed by atoms with E-state index in [2.05, 4.69) is 12.2 Å². The Kier molecular flexibility index (Phi) is 4.07. The molecule has 1 aromatic rings. The van der Waals surface area contributed by atoms with Gasteiger partial charge in [0.1, 0.15) is 0 Å². The molecule has 0 bridgehead atoms. The van der Waals surface area contributed by atoms with Gasteiger partial charge in [-0.1, -0.05) is 0 Å². The third-order valence-electron chi connectivity index (χ3n) is 4.04. The van der Waals surface area contributed by atoms with Crippen molar-refractivity contribution in [2.24, 2.45) is 0 Å². The summed E-state index contributed by atoms with van der Waals surface area (Å²) in [6, 6.07) is 1.79. The fourth-order valence-corrected chi connectivity index (χ4v) is 5.44. The molecule has 1 aromatic heterocycles. The minimum atomic E-state index is -3.31. The van der Waals surface area contributed by atoms with Crippen LogP contribution in [0.15, 0.2) is 11.0 Å². The summed E-state index contributed by atoms with van der Waals surface area (Å²) in [6.07, 6.45) is 1.70. The molecular weight excluding hydrogens is 280 g/mol. The Balaban J connectivity index is 2.21. The molecule has 1 aliphatic rings. The van der Waals surface area contributed by atoms with Gasteiger partial charge in [0.2, 0.25) is 10.0 Å². The summed E-state index contributed by atoms with van der Waals surface area (Å²) in [5, 5.41) is 3.29. The first-order valence-corrected chi connectivity index (χ1v) is 8.80. The van der Waals surface area contributed by atoms with Gasteiger partial charge in [-0.25, -0.2) is 8.42 Å². The topological polar surface area (TPSA) is 49.4 Å². The van der Waals surface area contributed by atoms with Crippen molar-refractivity contribution in [2.45, 2.75) is 44.0 Å². The van der Waals surface area contributed by atoms with E-state index in [9.17, 15) is 8.42 Å². The average molecular weight is 302 g/mol. The van der Waals surface area contributed by atoms with Gasteiger partial charge < -0.3 is 5.32 Å². The van der Waals surface area contributed by atoms with E-state index >= 15 is 0 Å². The van der Waals surface area contributed by atoms with Crippen LogP contribution in [0.5, 0.6) is 0 Å². The van der Waals surface area contributed by atoms with Crippen LogP contribution in [-0.4, -0.2) is 38.4 Å². The van der Waals surface area contributed by atoms with Crippen molar-refractivity contribution in [1.29, 1.82) is 0 Å². The van der Waals surface area contributed by atoms with E-state index in [1.165, 1.54) is 0 Å². The van der Waals surface area contributed by atoms with Gasteiger partial charge in [-0.05, 0) is 46.7 Å². The van der Waals surface area contributed by atoms with Crippen LogP contribution in [0.4, 0.5) is 0 Å². The number of rotatable bonds is 3. The van der Waals surface area contributed by atoms with Crippen molar-refractivity contribution in [3.63, 3.8) is 0 Å². The van der Waals surface area contributed by atoms with Gasteiger partial charge in [0, 0.05) is 28.4 Å². The quantitative estimate of drug-likeness (QED) is 0.930. The molecule has 1 saturated heterocycles. The highest BCUT2D eigenvalue weighted by Crippen LogP contribution is 2.31. The molecule has 19 heavy (non-hydrogen) atoms. The number of thiophene rings is 1. The van der Waals surface area contributed by atoms with Gasteiger partial charge in [-0.2, -0.15) is 4.31 Å². The summed E-state index contributed by atoms with van der Waals surface area (Å²) in [7, 11) is -1.37. The lowest BCUT2D eigenvalue weighted by Crippen LogP contribution is -2.51. The van der Waals surface area contributed by atoms with E-state index in [1.54, 1.807) is 21.7 Å². The molecule has 0 radical (unpaired) electrons.